The Hall–Kier alpha value is -1.66. The van der Waals surface area contributed by atoms with Crippen molar-refractivity contribution in [2.24, 2.45) is 0 Å². The van der Waals surface area contributed by atoms with Crippen LogP contribution in [-0.4, -0.2) is 38.7 Å². The predicted octanol–water partition coefficient (Wildman–Crippen LogP) is 1.95. The van der Waals surface area contributed by atoms with E-state index in [1.807, 2.05) is 0 Å². The number of rotatable bonds is 11. The van der Waals surface area contributed by atoms with E-state index in [0.717, 1.165) is 12.8 Å². The highest BCUT2D eigenvalue weighted by molar-refractivity contribution is 5.87. The lowest BCUT2D eigenvalue weighted by Crippen LogP contribution is -2.11. The molecular formula is C14H22O6. The van der Waals surface area contributed by atoms with Crippen LogP contribution >= 0.6 is 0 Å². The summed E-state index contributed by atoms with van der Waals surface area (Å²) in [5.74, 6) is -0.930. The molecule has 0 saturated carbocycles. The van der Waals surface area contributed by atoms with Crippen LogP contribution in [-0.2, 0) is 28.5 Å². The summed E-state index contributed by atoms with van der Waals surface area (Å²) < 4.78 is 19.7. The summed E-state index contributed by atoms with van der Waals surface area (Å²) in [7, 11) is 0. The lowest BCUT2D eigenvalue weighted by molar-refractivity contribution is -0.153. The second-order valence-electron chi connectivity index (χ2n) is 4.18. The van der Waals surface area contributed by atoms with Crippen molar-refractivity contribution in [2.75, 3.05) is 26.8 Å². The van der Waals surface area contributed by atoms with Gasteiger partial charge >= 0.3 is 11.9 Å². The topological polar surface area (TPSA) is 71.1 Å². The number of hydrogen-bond donors (Lipinski definition) is 0. The summed E-state index contributed by atoms with van der Waals surface area (Å²) in [6.45, 7) is 10.8. The number of esters is 2. The molecule has 0 heterocycles. The van der Waals surface area contributed by atoms with Gasteiger partial charge < -0.3 is 18.9 Å². The van der Waals surface area contributed by atoms with Gasteiger partial charge in [-0.1, -0.05) is 13.2 Å². The van der Waals surface area contributed by atoms with E-state index in [2.05, 4.69) is 13.2 Å². The van der Waals surface area contributed by atoms with E-state index in [9.17, 15) is 9.59 Å². The van der Waals surface area contributed by atoms with Crippen LogP contribution in [0.4, 0.5) is 0 Å². The van der Waals surface area contributed by atoms with Crippen LogP contribution in [0, 0.1) is 0 Å². The normalized spacial score (nSPS) is 9.90. The first-order valence-electron chi connectivity index (χ1n) is 6.26. The number of unbranched alkanes of at least 4 members (excludes halogenated alkanes) is 1. The van der Waals surface area contributed by atoms with Crippen LogP contribution in [0.1, 0.15) is 26.7 Å². The minimum atomic E-state index is -0.465. The Labute approximate surface area is 119 Å². The molecule has 0 aromatic heterocycles. The second-order valence-corrected chi connectivity index (χ2v) is 4.18. The summed E-state index contributed by atoms with van der Waals surface area (Å²) in [6.07, 6.45) is 1.50. The standard InChI is InChI=1S/C14H22O6/c1-11(2)13(15)19-9-17-7-5-6-8-18-10-20-14(16)12(3)4/h1,3,5-10H2,2,4H3. The van der Waals surface area contributed by atoms with Crippen molar-refractivity contribution < 1.29 is 28.5 Å². The second kappa shape index (κ2) is 11.2. The molecule has 0 spiro atoms. The molecule has 114 valence electrons. The molecule has 0 N–H and O–H groups in total. The van der Waals surface area contributed by atoms with Crippen LogP contribution in [0.3, 0.4) is 0 Å². The summed E-state index contributed by atoms with van der Waals surface area (Å²) in [4.78, 5) is 22.0. The molecular weight excluding hydrogens is 264 g/mol. The van der Waals surface area contributed by atoms with Crippen LogP contribution in [0.5, 0.6) is 0 Å². The maximum absolute atomic E-state index is 11.0. The van der Waals surface area contributed by atoms with Crippen LogP contribution in [0.2, 0.25) is 0 Å². The molecule has 0 atom stereocenters. The molecule has 6 heteroatoms. The van der Waals surface area contributed by atoms with Gasteiger partial charge in [0.1, 0.15) is 0 Å². The third-order valence-electron chi connectivity index (χ3n) is 2.07. The third kappa shape index (κ3) is 10.3. The Morgan fingerprint density at radius 3 is 1.45 bits per heavy atom. The van der Waals surface area contributed by atoms with E-state index in [4.69, 9.17) is 18.9 Å². The Morgan fingerprint density at radius 2 is 1.15 bits per heavy atom. The summed E-state index contributed by atoms with van der Waals surface area (Å²) in [5.41, 5.74) is 0.678. The molecule has 0 radical (unpaired) electrons. The lowest BCUT2D eigenvalue weighted by atomic mass is 10.3. The predicted molar refractivity (Wildman–Crippen MR) is 72.7 cm³/mol. The van der Waals surface area contributed by atoms with Gasteiger partial charge in [0, 0.05) is 11.1 Å². The zero-order chi connectivity index (χ0) is 15.4. The monoisotopic (exact) mass is 286 g/mol. The van der Waals surface area contributed by atoms with Crippen molar-refractivity contribution in [1.82, 2.24) is 0 Å². The average molecular weight is 286 g/mol. The summed E-state index contributed by atoms with van der Waals surface area (Å²) in [5, 5.41) is 0. The molecule has 0 bridgehead atoms. The summed E-state index contributed by atoms with van der Waals surface area (Å²) >= 11 is 0. The molecule has 0 aliphatic heterocycles. The van der Waals surface area contributed by atoms with Crippen molar-refractivity contribution in [3.05, 3.63) is 24.3 Å². The molecule has 0 fully saturated rings. The van der Waals surface area contributed by atoms with Gasteiger partial charge in [0.2, 0.25) is 0 Å². The highest BCUT2D eigenvalue weighted by Gasteiger charge is 2.02. The quantitative estimate of drug-likeness (QED) is 0.250. The van der Waals surface area contributed by atoms with Crippen molar-refractivity contribution in [3.8, 4) is 0 Å². The van der Waals surface area contributed by atoms with E-state index in [-0.39, 0.29) is 13.6 Å². The first kappa shape index (κ1) is 18.3. The number of ether oxygens (including phenoxy) is 4. The highest BCUT2D eigenvalue weighted by atomic mass is 16.7. The Balaban J connectivity index is 3.25. The SMILES string of the molecule is C=C(C)C(=O)OCOCCCCOCOC(=O)C(=C)C. The zero-order valence-corrected chi connectivity index (χ0v) is 12.1. The third-order valence-corrected chi connectivity index (χ3v) is 2.07. The maximum Gasteiger partial charge on any atom is 0.335 e. The Kier molecular flexibility index (Phi) is 10.3. The van der Waals surface area contributed by atoms with E-state index in [1.54, 1.807) is 13.8 Å². The molecule has 0 rings (SSSR count). The van der Waals surface area contributed by atoms with E-state index in [0.29, 0.717) is 24.4 Å². The van der Waals surface area contributed by atoms with Crippen molar-refractivity contribution in [1.29, 1.82) is 0 Å². The van der Waals surface area contributed by atoms with Crippen LogP contribution in [0.25, 0.3) is 0 Å². The smallest absolute Gasteiger partial charge is 0.335 e. The fourth-order valence-electron chi connectivity index (χ4n) is 0.963. The molecule has 0 aliphatic carbocycles. The van der Waals surface area contributed by atoms with Gasteiger partial charge in [-0.05, 0) is 26.7 Å². The number of carbonyl (C=O) groups excluding carboxylic acids is 2. The first-order valence-corrected chi connectivity index (χ1v) is 6.26. The van der Waals surface area contributed by atoms with Gasteiger partial charge in [0.25, 0.3) is 0 Å². The Morgan fingerprint density at radius 1 is 0.800 bits per heavy atom. The van der Waals surface area contributed by atoms with Crippen molar-refractivity contribution >= 4 is 11.9 Å². The zero-order valence-electron chi connectivity index (χ0n) is 12.1. The number of hydrogen-bond acceptors (Lipinski definition) is 6. The van der Waals surface area contributed by atoms with Crippen molar-refractivity contribution in [3.63, 3.8) is 0 Å². The molecule has 0 unspecified atom stereocenters. The van der Waals surface area contributed by atoms with Gasteiger partial charge in [-0.3, -0.25) is 0 Å². The highest BCUT2D eigenvalue weighted by Crippen LogP contribution is 1.96. The minimum Gasteiger partial charge on any atom is -0.435 e. The fourth-order valence-corrected chi connectivity index (χ4v) is 0.963. The summed E-state index contributed by atoms with van der Waals surface area (Å²) in [6, 6.07) is 0. The van der Waals surface area contributed by atoms with Gasteiger partial charge in [0.15, 0.2) is 13.6 Å². The van der Waals surface area contributed by atoms with Gasteiger partial charge in [-0.15, -0.1) is 0 Å². The molecule has 6 nitrogen and oxygen atoms in total. The van der Waals surface area contributed by atoms with Crippen LogP contribution in [0.15, 0.2) is 24.3 Å². The van der Waals surface area contributed by atoms with E-state index >= 15 is 0 Å². The van der Waals surface area contributed by atoms with Gasteiger partial charge in [-0.2, -0.15) is 0 Å². The molecule has 0 aromatic rings. The Bertz CT molecular complexity index is 314. The van der Waals surface area contributed by atoms with Gasteiger partial charge in [0.05, 0.1) is 13.2 Å². The number of carbonyl (C=O) groups is 2. The van der Waals surface area contributed by atoms with E-state index < -0.39 is 11.9 Å². The first-order chi connectivity index (χ1) is 9.45. The minimum absolute atomic E-state index is 0.0806. The molecule has 0 amide bonds. The van der Waals surface area contributed by atoms with Gasteiger partial charge in [-0.25, -0.2) is 9.59 Å². The fraction of sp³-hybridized carbons (Fsp3) is 0.571. The molecule has 0 saturated heterocycles. The largest absolute Gasteiger partial charge is 0.435 e. The molecule has 20 heavy (non-hydrogen) atoms. The molecule has 0 aliphatic rings. The molecule has 0 aromatic carbocycles. The maximum atomic E-state index is 11.0. The average Bonchev–Trinajstić information content (AvgIpc) is 2.39. The lowest BCUT2D eigenvalue weighted by Gasteiger charge is -2.07. The van der Waals surface area contributed by atoms with Crippen molar-refractivity contribution in [2.45, 2.75) is 26.7 Å². The van der Waals surface area contributed by atoms with E-state index in [1.165, 1.54) is 0 Å². The van der Waals surface area contributed by atoms with Crippen LogP contribution < -0.4 is 0 Å².